The smallest absolute Gasteiger partial charge is 0.282 e. The van der Waals surface area contributed by atoms with Gasteiger partial charge in [0.2, 0.25) is 0 Å². The molecular weight excluding hydrogens is 264 g/mol. The van der Waals surface area contributed by atoms with Gasteiger partial charge in [-0.1, -0.05) is 12.5 Å². The maximum Gasteiger partial charge on any atom is 0.282 e. The second-order valence-electron chi connectivity index (χ2n) is 5.87. The molecule has 1 atom stereocenters. The molecule has 1 aliphatic rings. The summed E-state index contributed by atoms with van der Waals surface area (Å²) in [5.41, 5.74) is 0.803. The maximum absolute atomic E-state index is 12.4. The Morgan fingerprint density at radius 2 is 1.86 bits per heavy atom. The number of carbonyl (C=O) groups excluding carboxylic acids is 1. The molecular formula is C17H27N2O2+. The van der Waals surface area contributed by atoms with Gasteiger partial charge in [0.25, 0.3) is 5.91 Å². The molecule has 0 spiro atoms. The molecule has 21 heavy (non-hydrogen) atoms. The van der Waals surface area contributed by atoms with Crippen LogP contribution in [0.2, 0.25) is 0 Å². The minimum Gasteiger partial charge on any atom is -0.497 e. The van der Waals surface area contributed by atoms with E-state index in [1.807, 2.05) is 31.2 Å². The van der Waals surface area contributed by atoms with Crippen molar-refractivity contribution < 1.29 is 14.4 Å². The van der Waals surface area contributed by atoms with E-state index in [4.69, 9.17) is 4.74 Å². The van der Waals surface area contributed by atoms with Gasteiger partial charge in [-0.25, -0.2) is 0 Å². The third kappa shape index (κ3) is 4.74. The van der Waals surface area contributed by atoms with E-state index >= 15 is 0 Å². The van der Waals surface area contributed by atoms with Crippen LogP contribution in [-0.2, 0) is 4.79 Å². The molecule has 1 fully saturated rings. The number of amides is 1. The molecule has 4 heteroatoms. The monoisotopic (exact) mass is 291 g/mol. The first-order chi connectivity index (χ1) is 10.2. The van der Waals surface area contributed by atoms with Crippen LogP contribution in [-0.4, -0.2) is 32.1 Å². The molecule has 1 aromatic rings. The highest BCUT2D eigenvalue weighted by atomic mass is 16.5. The van der Waals surface area contributed by atoms with Crippen molar-refractivity contribution in [2.45, 2.75) is 45.1 Å². The second-order valence-corrected chi connectivity index (χ2v) is 5.87. The molecule has 0 aliphatic carbocycles. The summed E-state index contributed by atoms with van der Waals surface area (Å²) in [7, 11) is 1.63. The predicted molar refractivity (Wildman–Crippen MR) is 84.9 cm³/mol. The van der Waals surface area contributed by atoms with Crippen LogP contribution in [0.25, 0.3) is 0 Å². The average molecular weight is 291 g/mol. The van der Waals surface area contributed by atoms with Crippen molar-refractivity contribution in [1.82, 2.24) is 0 Å². The highest BCUT2D eigenvalue weighted by Crippen LogP contribution is 2.16. The summed E-state index contributed by atoms with van der Waals surface area (Å²) < 4.78 is 5.19. The van der Waals surface area contributed by atoms with E-state index in [1.165, 1.54) is 37.0 Å². The molecule has 2 rings (SSSR count). The molecule has 1 heterocycles. The summed E-state index contributed by atoms with van der Waals surface area (Å²) >= 11 is 0. The zero-order valence-corrected chi connectivity index (χ0v) is 13.2. The molecule has 116 valence electrons. The number of rotatable bonds is 4. The largest absolute Gasteiger partial charge is 0.497 e. The van der Waals surface area contributed by atoms with Gasteiger partial charge >= 0.3 is 0 Å². The number of quaternary nitrogens is 1. The summed E-state index contributed by atoms with van der Waals surface area (Å²) in [6.45, 7) is 4.24. The lowest BCUT2D eigenvalue weighted by Crippen LogP contribution is -3.16. The van der Waals surface area contributed by atoms with Crippen LogP contribution in [0.5, 0.6) is 5.75 Å². The van der Waals surface area contributed by atoms with Crippen LogP contribution >= 0.6 is 0 Å². The number of carbonyl (C=O) groups is 1. The fraction of sp³-hybridized carbons (Fsp3) is 0.588. The topological polar surface area (TPSA) is 42.8 Å². The minimum absolute atomic E-state index is 0.00528. The van der Waals surface area contributed by atoms with Crippen molar-refractivity contribution in [3.63, 3.8) is 0 Å². The lowest BCUT2D eigenvalue weighted by atomic mass is 10.1. The van der Waals surface area contributed by atoms with Crippen LogP contribution in [0.1, 0.15) is 39.0 Å². The minimum atomic E-state index is -0.00528. The second kappa shape index (κ2) is 8.03. The quantitative estimate of drug-likeness (QED) is 0.889. The highest BCUT2D eigenvalue weighted by molar-refractivity contribution is 5.93. The van der Waals surface area contributed by atoms with E-state index in [2.05, 4.69) is 5.32 Å². The number of anilines is 1. The van der Waals surface area contributed by atoms with Gasteiger partial charge in [-0.15, -0.1) is 0 Å². The molecule has 0 unspecified atom stereocenters. The van der Waals surface area contributed by atoms with Gasteiger partial charge < -0.3 is 15.0 Å². The Kier molecular flexibility index (Phi) is 6.05. The van der Waals surface area contributed by atoms with E-state index in [1.54, 1.807) is 7.11 Å². The first kappa shape index (κ1) is 15.8. The Bertz CT molecular complexity index is 454. The van der Waals surface area contributed by atoms with Crippen molar-refractivity contribution in [3.8, 4) is 5.75 Å². The van der Waals surface area contributed by atoms with E-state index in [0.717, 1.165) is 24.5 Å². The van der Waals surface area contributed by atoms with E-state index < -0.39 is 0 Å². The van der Waals surface area contributed by atoms with Gasteiger partial charge in [0.05, 0.1) is 20.2 Å². The van der Waals surface area contributed by atoms with Gasteiger partial charge in [0.15, 0.2) is 6.04 Å². The molecule has 0 saturated carbocycles. The molecule has 0 aromatic heterocycles. The Hall–Kier alpha value is -1.55. The lowest BCUT2D eigenvalue weighted by molar-refractivity contribution is -0.914. The molecule has 1 saturated heterocycles. The summed E-state index contributed by atoms with van der Waals surface area (Å²) in [6.07, 6.45) is 6.40. The Labute approximate surface area is 127 Å². The average Bonchev–Trinajstić information content (AvgIpc) is 2.46. The van der Waals surface area contributed by atoms with Crippen LogP contribution in [0.3, 0.4) is 0 Å². The first-order valence-corrected chi connectivity index (χ1v) is 8.00. The number of likely N-dealkylation sites (tertiary alicyclic amines) is 1. The van der Waals surface area contributed by atoms with Crippen LogP contribution in [0.15, 0.2) is 24.3 Å². The Morgan fingerprint density at radius 3 is 2.52 bits per heavy atom. The third-order valence-corrected chi connectivity index (χ3v) is 4.34. The van der Waals surface area contributed by atoms with Gasteiger partial charge in [-0.2, -0.15) is 0 Å². The Balaban J connectivity index is 1.94. The summed E-state index contributed by atoms with van der Waals surface area (Å²) in [5.74, 6) is 0.859. The summed E-state index contributed by atoms with van der Waals surface area (Å²) in [5, 5.41) is 3.01. The number of ether oxygens (including phenoxy) is 1. The molecule has 0 radical (unpaired) electrons. The molecule has 2 N–H and O–H groups in total. The van der Waals surface area contributed by atoms with Crippen molar-refractivity contribution in [2.75, 3.05) is 25.5 Å². The van der Waals surface area contributed by atoms with Gasteiger partial charge in [0, 0.05) is 11.8 Å². The van der Waals surface area contributed by atoms with E-state index in [9.17, 15) is 4.79 Å². The molecule has 0 bridgehead atoms. The molecule has 4 nitrogen and oxygen atoms in total. The number of benzene rings is 1. The lowest BCUT2D eigenvalue weighted by Gasteiger charge is -2.27. The van der Waals surface area contributed by atoms with E-state index in [0.29, 0.717) is 0 Å². The molecule has 1 aromatic carbocycles. The zero-order valence-electron chi connectivity index (χ0n) is 13.2. The number of nitrogens with one attached hydrogen (secondary N) is 2. The molecule has 1 aliphatic heterocycles. The normalized spacial score (nSPS) is 18.4. The van der Waals surface area contributed by atoms with Crippen molar-refractivity contribution in [3.05, 3.63) is 24.3 Å². The van der Waals surface area contributed by atoms with Crippen LogP contribution in [0, 0.1) is 0 Å². The number of hydrogen-bond donors (Lipinski definition) is 2. The number of methoxy groups -OCH3 is 1. The fourth-order valence-corrected chi connectivity index (χ4v) is 2.93. The maximum atomic E-state index is 12.4. The Morgan fingerprint density at radius 1 is 1.19 bits per heavy atom. The van der Waals surface area contributed by atoms with Crippen LogP contribution in [0.4, 0.5) is 5.69 Å². The highest BCUT2D eigenvalue weighted by Gasteiger charge is 2.25. The molecule has 1 amide bonds. The van der Waals surface area contributed by atoms with Gasteiger partial charge in [-0.05, 0) is 44.7 Å². The summed E-state index contributed by atoms with van der Waals surface area (Å²) in [6, 6.07) is 7.52. The first-order valence-electron chi connectivity index (χ1n) is 8.00. The SMILES string of the molecule is COc1cccc(NC(=O)[C@@H](C)[NH+]2CCCCCCC2)c1. The van der Waals surface area contributed by atoms with Gasteiger partial charge in [-0.3, -0.25) is 4.79 Å². The van der Waals surface area contributed by atoms with Crippen molar-refractivity contribution in [2.24, 2.45) is 0 Å². The summed E-state index contributed by atoms with van der Waals surface area (Å²) in [4.78, 5) is 13.8. The van der Waals surface area contributed by atoms with E-state index in [-0.39, 0.29) is 11.9 Å². The fourth-order valence-electron chi connectivity index (χ4n) is 2.93. The standard InChI is InChI=1S/C17H26N2O2/c1-14(19-11-6-4-3-5-7-12-19)17(20)18-15-9-8-10-16(13-15)21-2/h8-10,13-14H,3-7,11-12H2,1-2H3,(H,18,20)/p+1/t14-/m1/s1. The zero-order chi connectivity index (χ0) is 15.1. The van der Waals surface area contributed by atoms with Crippen molar-refractivity contribution >= 4 is 11.6 Å². The third-order valence-electron chi connectivity index (χ3n) is 4.34. The predicted octanol–water partition coefficient (Wildman–Crippen LogP) is 1.87. The van der Waals surface area contributed by atoms with Gasteiger partial charge in [0.1, 0.15) is 5.75 Å². The van der Waals surface area contributed by atoms with Crippen molar-refractivity contribution in [1.29, 1.82) is 0 Å². The number of hydrogen-bond acceptors (Lipinski definition) is 2. The van der Waals surface area contributed by atoms with Crippen LogP contribution < -0.4 is 15.0 Å².